The average Bonchev–Trinajstić information content (AvgIpc) is 2.75. The summed E-state index contributed by atoms with van der Waals surface area (Å²) in [4.78, 5) is 0. The molecule has 0 spiro atoms. The maximum Gasteiger partial charge on any atom is 0.416 e. The van der Waals surface area contributed by atoms with Gasteiger partial charge < -0.3 is 5.11 Å². The van der Waals surface area contributed by atoms with Crippen molar-refractivity contribution in [3.8, 4) is 0 Å². The summed E-state index contributed by atoms with van der Waals surface area (Å²) < 4.78 is 37.3. The Labute approximate surface area is 105 Å². The fraction of sp³-hybridized carbons (Fsp3) is 0.571. The van der Waals surface area contributed by atoms with Crippen molar-refractivity contribution >= 4 is 0 Å². The first-order chi connectivity index (χ1) is 8.33. The predicted molar refractivity (Wildman–Crippen MR) is 63.0 cm³/mol. The van der Waals surface area contributed by atoms with Crippen LogP contribution in [0.3, 0.4) is 0 Å². The summed E-state index contributed by atoms with van der Waals surface area (Å²) in [6.45, 7) is 2.00. The summed E-state index contributed by atoms with van der Waals surface area (Å²) in [6, 6.07) is 4.85. The first-order valence-electron chi connectivity index (χ1n) is 6.18. The van der Waals surface area contributed by atoms with E-state index in [1.54, 1.807) is 0 Å². The van der Waals surface area contributed by atoms with Crippen LogP contribution >= 0.6 is 0 Å². The highest BCUT2D eigenvalue weighted by Crippen LogP contribution is 2.47. The molecular formula is C14H17F3O. The molecule has 0 amide bonds. The van der Waals surface area contributed by atoms with Crippen LogP contribution in [0, 0.1) is 5.41 Å². The van der Waals surface area contributed by atoms with Crippen LogP contribution in [0.4, 0.5) is 13.2 Å². The van der Waals surface area contributed by atoms with Crippen LogP contribution in [0.25, 0.3) is 0 Å². The van der Waals surface area contributed by atoms with Gasteiger partial charge in [-0.1, -0.05) is 31.9 Å². The molecule has 1 atom stereocenters. The van der Waals surface area contributed by atoms with Crippen LogP contribution < -0.4 is 0 Å². The zero-order chi connectivity index (χ0) is 13.4. The molecule has 1 N–H and O–H groups in total. The van der Waals surface area contributed by atoms with E-state index in [-0.39, 0.29) is 5.41 Å². The van der Waals surface area contributed by atoms with E-state index in [0.717, 1.165) is 37.8 Å². The Bertz CT molecular complexity index is 402. The normalized spacial score (nSPS) is 20.9. The molecule has 1 fully saturated rings. The molecule has 0 heterocycles. The molecule has 0 saturated heterocycles. The molecular weight excluding hydrogens is 241 g/mol. The predicted octanol–water partition coefficient (Wildman–Crippen LogP) is 4.32. The molecule has 1 aromatic carbocycles. The summed E-state index contributed by atoms with van der Waals surface area (Å²) in [7, 11) is 0. The lowest BCUT2D eigenvalue weighted by Crippen LogP contribution is -2.22. The monoisotopic (exact) mass is 258 g/mol. The van der Waals surface area contributed by atoms with E-state index in [0.29, 0.717) is 5.56 Å². The van der Waals surface area contributed by atoms with E-state index in [2.05, 4.69) is 0 Å². The van der Waals surface area contributed by atoms with Gasteiger partial charge in [0.2, 0.25) is 0 Å². The molecule has 100 valence electrons. The Morgan fingerprint density at radius 1 is 1.11 bits per heavy atom. The second kappa shape index (κ2) is 4.57. The smallest absolute Gasteiger partial charge is 0.388 e. The van der Waals surface area contributed by atoms with Crippen LogP contribution in [0.5, 0.6) is 0 Å². The highest BCUT2D eigenvalue weighted by Gasteiger charge is 2.37. The number of halogens is 3. The second-order valence-electron chi connectivity index (χ2n) is 5.38. The highest BCUT2D eigenvalue weighted by atomic mass is 19.4. The molecule has 1 aliphatic rings. The first kappa shape index (κ1) is 13.4. The van der Waals surface area contributed by atoms with E-state index < -0.39 is 17.8 Å². The van der Waals surface area contributed by atoms with Gasteiger partial charge in [0.25, 0.3) is 0 Å². The third-order valence-corrected chi connectivity index (χ3v) is 3.96. The van der Waals surface area contributed by atoms with Gasteiger partial charge in [-0.05, 0) is 36.0 Å². The highest BCUT2D eigenvalue weighted by molar-refractivity contribution is 5.27. The van der Waals surface area contributed by atoms with Gasteiger partial charge >= 0.3 is 6.18 Å². The number of alkyl halides is 3. The number of aliphatic hydroxyl groups is 1. The van der Waals surface area contributed by atoms with Crippen molar-refractivity contribution in [3.05, 3.63) is 35.4 Å². The van der Waals surface area contributed by atoms with Crippen molar-refractivity contribution in [2.45, 2.75) is 44.9 Å². The maximum atomic E-state index is 12.4. The van der Waals surface area contributed by atoms with E-state index in [1.807, 2.05) is 6.92 Å². The molecule has 18 heavy (non-hydrogen) atoms. The SMILES string of the molecule is CC1(C(O)c2ccc(C(F)(F)F)cc2)CCCC1. The Balaban J connectivity index is 2.19. The van der Waals surface area contributed by atoms with E-state index in [4.69, 9.17) is 0 Å². The lowest BCUT2D eigenvalue weighted by atomic mass is 9.79. The minimum Gasteiger partial charge on any atom is -0.388 e. The Kier molecular flexibility index (Phi) is 3.41. The maximum absolute atomic E-state index is 12.4. The molecule has 1 unspecified atom stereocenters. The van der Waals surface area contributed by atoms with Crippen molar-refractivity contribution in [3.63, 3.8) is 0 Å². The number of hydrogen-bond acceptors (Lipinski definition) is 1. The Morgan fingerprint density at radius 3 is 2.06 bits per heavy atom. The van der Waals surface area contributed by atoms with E-state index >= 15 is 0 Å². The summed E-state index contributed by atoms with van der Waals surface area (Å²) in [5.74, 6) is 0. The summed E-state index contributed by atoms with van der Waals surface area (Å²) in [5, 5.41) is 10.3. The summed E-state index contributed by atoms with van der Waals surface area (Å²) in [5.41, 5.74) is -0.290. The van der Waals surface area contributed by atoms with Gasteiger partial charge in [0.1, 0.15) is 0 Å². The Morgan fingerprint density at radius 2 is 1.61 bits per heavy atom. The van der Waals surface area contributed by atoms with E-state index in [1.165, 1.54) is 12.1 Å². The van der Waals surface area contributed by atoms with Crippen LogP contribution in [-0.4, -0.2) is 5.11 Å². The molecule has 0 aromatic heterocycles. The van der Waals surface area contributed by atoms with Crippen molar-refractivity contribution in [2.24, 2.45) is 5.41 Å². The van der Waals surface area contributed by atoms with Gasteiger partial charge in [0.05, 0.1) is 11.7 Å². The largest absolute Gasteiger partial charge is 0.416 e. The van der Waals surface area contributed by atoms with Crippen LogP contribution in [-0.2, 0) is 6.18 Å². The fourth-order valence-electron chi connectivity index (χ4n) is 2.71. The van der Waals surface area contributed by atoms with Gasteiger partial charge in [-0.25, -0.2) is 0 Å². The lowest BCUT2D eigenvalue weighted by molar-refractivity contribution is -0.137. The van der Waals surface area contributed by atoms with Crippen LogP contribution in [0.15, 0.2) is 24.3 Å². The zero-order valence-electron chi connectivity index (χ0n) is 10.3. The molecule has 1 aromatic rings. The third-order valence-electron chi connectivity index (χ3n) is 3.96. The standard InChI is InChI=1S/C14H17F3O/c1-13(8-2-3-9-13)12(18)10-4-6-11(7-5-10)14(15,16)17/h4-7,12,18H,2-3,8-9H2,1H3. The number of rotatable bonds is 2. The zero-order valence-corrected chi connectivity index (χ0v) is 10.3. The number of aliphatic hydroxyl groups excluding tert-OH is 1. The lowest BCUT2D eigenvalue weighted by Gasteiger charge is -2.30. The molecule has 1 nitrogen and oxygen atoms in total. The minimum absolute atomic E-state index is 0.195. The summed E-state index contributed by atoms with van der Waals surface area (Å²) >= 11 is 0. The minimum atomic E-state index is -4.32. The molecule has 2 rings (SSSR count). The van der Waals surface area contributed by atoms with Crippen molar-refractivity contribution in [2.75, 3.05) is 0 Å². The molecule has 1 saturated carbocycles. The summed E-state index contributed by atoms with van der Waals surface area (Å²) in [6.07, 6.45) is -0.990. The van der Waals surface area contributed by atoms with Gasteiger partial charge in [-0.3, -0.25) is 0 Å². The average molecular weight is 258 g/mol. The molecule has 0 aliphatic heterocycles. The second-order valence-corrected chi connectivity index (χ2v) is 5.38. The van der Waals surface area contributed by atoms with Crippen LogP contribution in [0.1, 0.15) is 49.8 Å². The van der Waals surface area contributed by atoms with Gasteiger partial charge in [0, 0.05) is 0 Å². The van der Waals surface area contributed by atoms with Gasteiger partial charge in [-0.2, -0.15) is 13.2 Å². The third kappa shape index (κ3) is 2.53. The topological polar surface area (TPSA) is 20.2 Å². The fourth-order valence-corrected chi connectivity index (χ4v) is 2.71. The van der Waals surface area contributed by atoms with E-state index in [9.17, 15) is 18.3 Å². The number of benzene rings is 1. The Hall–Kier alpha value is -1.03. The van der Waals surface area contributed by atoms with Crippen molar-refractivity contribution in [1.82, 2.24) is 0 Å². The molecule has 4 heteroatoms. The van der Waals surface area contributed by atoms with Crippen LogP contribution in [0.2, 0.25) is 0 Å². The quantitative estimate of drug-likeness (QED) is 0.837. The molecule has 0 bridgehead atoms. The van der Waals surface area contributed by atoms with Gasteiger partial charge in [0.15, 0.2) is 0 Å². The first-order valence-corrected chi connectivity index (χ1v) is 6.18. The number of hydrogen-bond donors (Lipinski definition) is 1. The van der Waals surface area contributed by atoms with Gasteiger partial charge in [-0.15, -0.1) is 0 Å². The molecule has 0 radical (unpaired) electrons. The van der Waals surface area contributed by atoms with Crippen molar-refractivity contribution in [1.29, 1.82) is 0 Å². The molecule has 1 aliphatic carbocycles. The van der Waals surface area contributed by atoms with Crippen molar-refractivity contribution < 1.29 is 18.3 Å².